The summed E-state index contributed by atoms with van der Waals surface area (Å²) in [6.07, 6.45) is 7.30. The number of benzene rings is 1. The summed E-state index contributed by atoms with van der Waals surface area (Å²) in [5.74, 6) is 0.941. The SMILES string of the molecule is NC(=O)[CH]c1ccc(C2CCN(c3ncc(I)cn3)CC2)cc1. The lowest BCUT2D eigenvalue weighted by atomic mass is 9.89. The Morgan fingerprint density at radius 2 is 1.78 bits per heavy atom. The van der Waals surface area contributed by atoms with Crippen molar-refractivity contribution < 1.29 is 4.79 Å². The van der Waals surface area contributed by atoms with Gasteiger partial charge in [-0.3, -0.25) is 4.79 Å². The Morgan fingerprint density at radius 1 is 1.17 bits per heavy atom. The van der Waals surface area contributed by atoms with E-state index in [-0.39, 0.29) is 0 Å². The quantitative estimate of drug-likeness (QED) is 0.771. The van der Waals surface area contributed by atoms with Crippen LogP contribution in [0.15, 0.2) is 36.7 Å². The topological polar surface area (TPSA) is 72.1 Å². The molecule has 23 heavy (non-hydrogen) atoms. The van der Waals surface area contributed by atoms with Crippen LogP contribution in [0.3, 0.4) is 0 Å². The second-order valence-corrected chi connectivity index (χ2v) is 6.92. The molecule has 1 aliphatic heterocycles. The number of anilines is 1. The van der Waals surface area contributed by atoms with Gasteiger partial charge in [0.05, 0.1) is 6.42 Å². The third-order valence-electron chi connectivity index (χ3n) is 4.10. The Balaban J connectivity index is 1.60. The van der Waals surface area contributed by atoms with Crippen molar-refractivity contribution in [3.63, 3.8) is 0 Å². The minimum Gasteiger partial charge on any atom is -0.369 e. The van der Waals surface area contributed by atoms with Crippen molar-refractivity contribution in [2.75, 3.05) is 18.0 Å². The summed E-state index contributed by atoms with van der Waals surface area (Å²) in [5, 5.41) is 0. The van der Waals surface area contributed by atoms with Crippen LogP contribution in [0, 0.1) is 9.99 Å². The first-order chi connectivity index (χ1) is 11.1. The lowest BCUT2D eigenvalue weighted by Crippen LogP contribution is -2.34. The zero-order valence-corrected chi connectivity index (χ0v) is 14.8. The minimum absolute atomic E-state index is 0.413. The van der Waals surface area contributed by atoms with E-state index in [0.29, 0.717) is 5.92 Å². The van der Waals surface area contributed by atoms with Crippen molar-refractivity contribution in [1.29, 1.82) is 0 Å². The predicted octanol–water partition coefficient (Wildman–Crippen LogP) is 2.50. The Morgan fingerprint density at radius 3 is 2.35 bits per heavy atom. The van der Waals surface area contributed by atoms with Crippen LogP contribution in [-0.4, -0.2) is 29.0 Å². The fourth-order valence-corrected chi connectivity index (χ4v) is 3.19. The number of piperidine rings is 1. The summed E-state index contributed by atoms with van der Waals surface area (Å²) in [5.41, 5.74) is 7.34. The summed E-state index contributed by atoms with van der Waals surface area (Å²) in [7, 11) is 0. The van der Waals surface area contributed by atoms with Gasteiger partial charge in [-0.15, -0.1) is 0 Å². The largest absolute Gasteiger partial charge is 0.369 e. The van der Waals surface area contributed by atoms with E-state index in [1.807, 2.05) is 24.5 Å². The fourth-order valence-electron chi connectivity index (χ4n) is 2.91. The van der Waals surface area contributed by atoms with Crippen molar-refractivity contribution in [2.45, 2.75) is 18.8 Å². The zero-order valence-electron chi connectivity index (χ0n) is 12.7. The van der Waals surface area contributed by atoms with Crippen molar-refractivity contribution in [3.05, 3.63) is 57.8 Å². The first-order valence-electron chi connectivity index (χ1n) is 7.58. The first-order valence-corrected chi connectivity index (χ1v) is 8.66. The van der Waals surface area contributed by atoms with Crippen molar-refractivity contribution >= 4 is 34.4 Å². The van der Waals surface area contributed by atoms with Gasteiger partial charge < -0.3 is 10.6 Å². The molecule has 1 aromatic carbocycles. The number of rotatable bonds is 4. The van der Waals surface area contributed by atoms with Crippen LogP contribution >= 0.6 is 22.6 Å². The second-order valence-electron chi connectivity index (χ2n) is 5.68. The molecule has 6 heteroatoms. The minimum atomic E-state index is -0.413. The van der Waals surface area contributed by atoms with E-state index < -0.39 is 5.91 Å². The van der Waals surface area contributed by atoms with Gasteiger partial charge >= 0.3 is 0 Å². The van der Waals surface area contributed by atoms with Crippen molar-refractivity contribution in [3.8, 4) is 0 Å². The van der Waals surface area contributed by atoms with Crippen LogP contribution < -0.4 is 10.6 Å². The molecular formula is C17H18IN4O. The maximum atomic E-state index is 10.9. The Kier molecular flexibility index (Phi) is 5.09. The molecule has 2 aromatic rings. The number of hydrogen-bond donors (Lipinski definition) is 1. The Labute approximate surface area is 149 Å². The van der Waals surface area contributed by atoms with E-state index >= 15 is 0 Å². The van der Waals surface area contributed by atoms with Gasteiger partial charge in [-0.05, 0) is 52.5 Å². The molecule has 1 saturated heterocycles. The maximum absolute atomic E-state index is 10.9. The third-order valence-corrected chi connectivity index (χ3v) is 4.66. The van der Waals surface area contributed by atoms with Crippen molar-refractivity contribution in [2.24, 2.45) is 5.73 Å². The average Bonchev–Trinajstić information content (AvgIpc) is 2.56. The molecule has 1 radical (unpaired) electrons. The van der Waals surface area contributed by atoms with Crippen LogP contribution in [0.5, 0.6) is 0 Å². The molecule has 2 heterocycles. The van der Waals surface area contributed by atoms with E-state index in [9.17, 15) is 4.79 Å². The number of halogens is 1. The molecule has 0 atom stereocenters. The number of aromatic nitrogens is 2. The molecule has 0 bridgehead atoms. The highest BCUT2D eigenvalue weighted by atomic mass is 127. The van der Waals surface area contributed by atoms with Crippen LogP contribution in [-0.2, 0) is 4.79 Å². The summed E-state index contributed by atoms with van der Waals surface area (Å²) < 4.78 is 1.05. The van der Waals surface area contributed by atoms with Gasteiger partial charge in [-0.2, -0.15) is 0 Å². The van der Waals surface area contributed by atoms with E-state index in [2.05, 4.69) is 49.6 Å². The Bertz CT molecular complexity index is 664. The van der Waals surface area contributed by atoms with Crippen LogP contribution in [0.2, 0.25) is 0 Å². The lowest BCUT2D eigenvalue weighted by Gasteiger charge is -2.32. The van der Waals surface area contributed by atoms with Gasteiger partial charge in [-0.1, -0.05) is 24.3 Å². The molecule has 119 valence electrons. The summed E-state index contributed by atoms with van der Waals surface area (Å²) in [6, 6.07) is 8.09. The molecule has 0 unspecified atom stereocenters. The predicted molar refractivity (Wildman–Crippen MR) is 98.0 cm³/mol. The third kappa shape index (κ3) is 4.19. The van der Waals surface area contributed by atoms with Crippen LogP contribution in [0.4, 0.5) is 5.95 Å². The maximum Gasteiger partial charge on any atom is 0.226 e. The first kappa shape index (κ1) is 16.2. The highest BCUT2D eigenvalue weighted by Crippen LogP contribution is 2.29. The standard InChI is InChI=1S/C17H18IN4O/c18-15-10-20-17(21-11-15)22-7-5-14(6-8-22)13-3-1-12(2-4-13)9-16(19)23/h1-4,9-11,14H,5-8H2,(H2,19,23). The highest BCUT2D eigenvalue weighted by Gasteiger charge is 2.22. The van der Waals surface area contributed by atoms with E-state index in [4.69, 9.17) is 5.73 Å². The number of amides is 1. The normalized spacial score (nSPS) is 15.6. The van der Waals surface area contributed by atoms with Gasteiger partial charge in [-0.25, -0.2) is 9.97 Å². The molecule has 1 aromatic heterocycles. The molecule has 2 N–H and O–H groups in total. The number of primary amides is 1. The lowest BCUT2D eigenvalue weighted by molar-refractivity contribution is -0.114. The van der Waals surface area contributed by atoms with Gasteiger partial charge in [0.2, 0.25) is 11.9 Å². The second kappa shape index (κ2) is 7.25. The number of hydrogen-bond acceptors (Lipinski definition) is 4. The van der Waals surface area contributed by atoms with E-state index in [1.54, 1.807) is 0 Å². The number of carbonyl (C=O) groups excluding carboxylic acids is 1. The molecule has 0 spiro atoms. The van der Waals surface area contributed by atoms with Gasteiger partial charge in [0, 0.05) is 29.1 Å². The summed E-state index contributed by atoms with van der Waals surface area (Å²) in [4.78, 5) is 21.9. The smallest absolute Gasteiger partial charge is 0.226 e. The summed E-state index contributed by atoms with van der Waals surface area (Å²) in [6.45, 7) is 1.92. The van der Waals surface area contributed by atoms with Crippen LogP contribution in [0.25, 0.3) is 0 Å². The Hall–Kier alpha value is -1.70. The van der Waals surface area contributed by atoms with Crippen LogP contribution in [0.1, 0.15) is 29.9 Å². The monoisotopic (exact) mass is 421 g/mol. The number of carbonyl (C=O) groups is 1. The molecule has 1 amide bonds. The van der Waals surface area contributed by atoms with Gasteiger partial charge in [0.25, 0.3) is 0 Å². The van der Waals surface area contributed by atoms with Gasteiger partial charge in [0.1, 0.15) is 0 Å². The molecular weight excluding hydrogens is 403 g/mol. The van der Waals surface area contributed by atoms with Gasteiger partial charge in [0.15, 0.2) is 0 Å². The summed E-state index contributed by atoms with van der Waals surface area (Å²) >= 11 is 2.21. The fraction of sp³-hybridized carbons (Fsp3) is 0.294. The average molecular weight is 421 g/mol. The highest BCUT2D eigenvalue weighted by molar-refractivity contribution is 14.1. The van der Waals surface area contributed by atoms with E-state index in [0.717, 1.165) is 41.0 Å². The number of nitrogens with zero attached hydrogens (tertiary/aromatic N) is 3. The van der Waals surface area contributed by atoms with E-state index in [1.165, 1.54) is 12.0 Å². The molecule has 5 nitrogen and oxygen atoms in total. The van der Waals surface area contributed by atoms with Crippen molar-refractivity contribution in [1.82, 2.24) is 9.97 Å². The molecule has 0 saturated carbocycles. The molecule has 1 aliphatic rings. The zero-order chi connectivity index (χ0) is 16.2. The number of nitrogens with two attached hydrogens (primary N) is 1. The molecule has 1 fully saturated rings. The molecule has 3 rings (SSSR count). The molecule has 0 aliphatic carbocycles.